The molecule has 1 heterocycles. The van der Waals surface area contributed by atoms with E-state index >= 15 is 0 Å². The zero-order chi connectivity index (χ0) is 16.3. The molecule has 0 amide bonds. The van der Waals surface area contributed by atoms with Crippen molar-refractivity contribution in [1.29, 1.82) is 0 Å². The van der Waals surface area contributed by atoms with Crippen LogP contribution in [0.2, 0.25) is 5.02 Å². The molecule has 0 bridgehead atoms. The van der Waals surface area contributed by atoms with Crippen LogP contribution in [0, 0.1) is 5.41 Å². The normalized spacial score (nSPS) is 26.0. The maximum absolute atomic E-state index is 11.9. The van der Waals surface area contributed by atoms with E-state index < -0.39 is 18.5 Å². The van der Waals surface area contributed by atoms with Crippen molar-refractivity contribution < 1.29 is 19.0 Å². The highest BCUT2D eigenvalue weighted by Gasteiger charge is 2.40. The third kappa shape index (κ3) is 4.29. The molecular weight excluding hydrogens is 304 g/mol. The third-order valence-electron chi connectivity index (χ3n) is 3.54. The van der Waals surface area contributed by atoms with E-state index in [1.54, 1.807) is 0 Å². The summed E-state index contributed by atoms with van der Waals surface area (Å²) >= 11 is 6.11. The van der Waals surface area contributed by atoms with Crippen molar-refractivity contribution in [3.05, 3.63) is 34.9 Å². The number of hydrogen-bond donors (Lipinski definition) is 0. The molecule has 4 nitrogen and oxygen atoms in total. The summed E-state index contributed by atoms with van der Waals surface area (Å²) in [6, 6.07) is 7.47. The summed E-state index contributed by atoms with van der Waals surface area (Å²) in [5, 5.41) is 0.645. The van der Waals surface area contributed by atoms with Crippen LogP contribution >= 0.6 is 11.6 Å². The molecule has 0 N–H and O–H groups in total. The predicted octanol–water partition coefficient (Wildman–Crippen LogP) is 3.60. The first-order valence-electron chi connectivity index (χ1n) is 7.41. The lowest BCUT2D eigenvalue weighted by molar-refractivity contribution is -0.285. The van der Waals surface area contributed by atoms with Crippen LogP contribution in [0.3, 0.4) is 0 Å². The van der Waals surface area contributed by atoms with Crippen LogP contribution in [-0.4, -0.2) is 30.9 Å². The first kappa shape index (κ1) is 17.4. The van der Waals surface area contributed by atoms with Crippen LogP contribution < -0.4 is 0 Å². The Morgan fingerprint density at radius 2 is 2.05 bits per heavy atom. The van der Waals surface area contributed by atoms with Gasteiger partial charge in [0, 0.05) is 10.4 Å². The topological polar surface area (TPSA) is 44.8 Å². The van der Waals surface area contributed by atoms with Gasteiger partial charge in [0.15, 0.2) is 12.1 Å². The van der Waals surface area contributed by atoms with Gasteiger partial charge in [0.1, 0.15) is 12.2 Å². The quantitative estimate of drug-likeness (QED) is 0.848. The summed E-state index contributed by atoms with van der Waals surface area (Å²) in [4.78, 5) is 11.9. The number of halogens is 1. The van der Waals surface area contributed by atoms with E-state index in [9.17, 15) is 4.79 Å². The summed E-state index contributed by atoms with van der Waals surface area (Å²) in [5.74, 6) is -0.0540. The number of carbonyl (C=O) groups excluding carboxylic acids is 1. The van der Waals surface area contributed by atoms with E-state index in [0.29, 0.717) is 18.2 Å². The Morgan fingerprint density at radius 3 is 2.64 bits per heavy atom. The molecule has 1 aliphatic heterocycles. The fraction of sp³-hybridized carbons (Fsp3) is 0.588. The van der Waals surface area contributed by atoms with Gasteiger partial charge in [0.05, 0.1) is 13.2 Å². The maximum atomic E-state index is 11.9. The van der Waals surface area contributed by atoms with Gasteiger partial charge >= 0.3 is 0 Å². The number of carbonyl (C=O) groups is 1. The van der Waals surface area contributed by atoms with Crippen molar-refractivity contribution in [2.75, 3.05) is 6.61 Å². The fourth-order valence-corrected chi connectivity index (χ4v) is 2.48. The van der Waals surface area contributed by atoms with Gasteiger partial charge in [-0.25, -0.2) is 0 Å². The largest absolute Gasteiger partial charge is 0.368 e. The first-order chi connectivity index (χ1) is 10.3. The fourth-order valence-electron chi connectivity index (χ4n) is 2.29. The standard InChI is InChI=1S/C17H23ClO4/c1-11(19)15-14(10-21-16(22-15)17(2,3)4)20-9-12-7-5-6-8-13(12)18/h5-8,14-16H,9-10H2,1-4H3/t14-,15-,16+/m1/s1. The zero-order valence-electron chi connectivity index (χ0n) is 13.5. The summed E-state index contributed by atoms with van der Waals surface area (Å²) in [6.45, 7) is 8.21. The van der Waals surface area contributed by atoms with Crippen LogP contribution in [0.1, 0.15) is 33.3 Å². The molecule has 1 saturated heterocycles. The van der Waals surface area contributed by atoms with E-state index in [1.807, 2.05) is 45.0 Å². The number of hydrogen-bond acceptors (Lipinski definition) is 4. The maximum Gasteiger partial charge on any atom is 0.163 e. The van der Waals surface area contributed by atoms with Crippen molar-refractivity contribution in [3.63, 3.8) is 0 Å². The van der Waals surface area contributed by atoms with Gasteiger partial charge in [0.2, 0.25) is 0 Å². The summed E-state index contributed by atoms with van der Waals surface area (Å²) in [5.41, 5.74) is 0.686. The number of benzene rings is 1. The highest BCUT2D eigenvalue weighted by molar-refractivity contribution is 6.31. The van der Waals surface area contributed by atoms with E-state index in [2.05, 4.69) is 0 Å². The van der Waals surface area contributed by atoms with Crippen LogP contribution in [0.5, 0.6) is 0 Å². The summed E-state index contributed by atoms with van der Waals surface area (Å²) in [7, 11) is 0. The van der Waals surface area contributed by atoms with Crippen molar-refractivity contribution in [1.82, 2.24) is 0 Å². The molecule has 1 aromatic carbocycles. The van der Waals surface area contributed by atoms with Gasteiger partial charge in [-0.1, -0.05) is 50.6 Å². The molecule has 22 heavy (non-hydrogen) atoms. The Labute approximate surface area is 136 Å². The highest BCUT2D eigenvalue weighted by atomic mass is 35.5. The highest BCUT2D eigenvalue weighted by Crippen LogP contribution is 2.30. The SMILES string of the molecule is CC(=O)[C@H]1O[C@@H](C(C)(C)C)OC[C@H]1OCc1ccccc1Cl. The molecule has 1 fully saturated rings. The molecule has 0 radical (unpaired) electrons. The minimum atomic E-state index is -0.611. The molecule has 0 aliphatic carbocycles. The van der Waals surface area contributed by atoms with E-state index in [-0.39, 0.29) is 11.2 Å². The number of rotatable bonds is 4. The number of Topliss-reactive ketones (excluding diaryl/α,β-unsaturated/α-hetero) is 1. The molecule has 3 atom stereocenters. The number of ketones is 1. The second kappa shape index (κ2) is 7.09. The van der Waals surface area contributed by atoms with Gasteiger partial charge in [-0.2, -0.15) is 0 Å². The van der Waals surface area contributed by atoms with Gasteiger partial charge in [-0.3, -0.25) is 4.79 Å². The molecule has 2 rings (SSSR count). The second-order valence-corrected chi connectivity index (χ2v) is 7.05. The molecule has 0 unspecified atom stereocenters. The Morgan fingerprint density at radius 1 is 1.36 bits per heavy atom. The van der Waals surface area contributed by atoms with Crippen molar-refractivity contribution in [2.45, 2.75) is 52.8 Å². The Kier molecular flexibility index (Phi) is 5.61. The summed E-state index contributed by atoms with van der Waals surface area (Å²) in [6.07, 6.45) is -1.45. The van der Waals surface area contributed by atoms with Gasteiger partial charge in [0.25, 0.3) is 0 Å². The average molecular weight is 327 g/mol. The Balaban J connectivity index is 2.01. The second-order valence-electron chi connectivity index (χ2n) is 6.64. The molecule has 0 aromatic heterocycles. The predicted molar refractivity (Wildman–Crippen MR) is 84.8 cm³/mol. The molecule has 0 saturated carbocycles. The smallest absolute Gasteiger partial charge is 0.163 e. The minimum absolute atomic E-state index is 0.0540. The van der Waals surface area contributed by atoms with Crippen LogP contribution in [0.15, 0.2) is 24.3 Å². The van der Waals surface area contributed by atoms with Crippen LogP contribution in [-0.2, 0) is 25.6 Å². The molecule has 0 spiro atoms. The minimum Gasteiger partial charge on any atom is -0.368 e. The molecule has 122 valence electrons. The molecular formula is C17H23ClO4. The lowest BCUT2D eigenvalue weighted by Crippen LogP contribution is -2.52. The monoisotopic (exact) mass is 326 g/mol. The molecule has 1 aliphatic rings. The first-order valence-corrected chi connectivity index (χ1v) is 7.79. The Hall–Kier alpha value is -0.940. The van der Waals surface area contributed by atoms with Gasteiger partial charge in [-0.15, -0.1) is 0 Å². The third-order valence-corrected chi connectivity index (χ3v) is 3.91. The average Bonchev–Trinajstić information content (AvgIpc) is 2.45. The van der Waals surface area contributed by atoms with Crippen molar-refractivity contribution >= 4 is 17.4 Å². The van der Waals surface area contributed by atoms with Crippen molar-refractivity contribution in [3.8, 4) is 0 Å². The Bertz CT molecular complexity index is 524. The van der Waals surface area contributed by atoms with Crippen LogP contribution in [0.25, 0.3) is 0 Å². The lowest BCUT2D eigenvalue weighted by atomic mass is 9.94. The van der Waals surface area contributed by atoms with E-state index in [4.69, 9.17) is 25.8 Å². The van der Waals surface area contributed by atoms with Crippen molar-refractivity contribution in [2.24, 2.45) is 5.41 Å². The van der Waals surface area contributed by atoms with Gasteiger partial charge < -0.3 is 14.2 Å². The number of ether oxygens (including phenoxy) is 3. The molecule has 1 aromatic rings. The summed E-state index contributed by atoms with van der Waals surface area (Å²) < 4.78 is 17.4. The van der Waals surface area contributed by atoms with Gasteiger partial charge in [-0.05, 0) is 18.6 Å². The lowest BCUT2D eigenvalue weighted by Gasteiger charge is -2.40. The van der Waals surface area contributed by atoms with Crippen LogP contribution in [0.4, 0.5) is 0 Å². The zero-order valence-corrected chi connectivity index (χ0v) is 14.2. The van der Waals surface area contributed by atoms with E-state index in [1.165, 1.54) is 6.92 Å². The van der Waals surface area contributed by atoms with E-state index in [0.717, 1.165) is 5.56 Å². The molecule has 5 heteroatoms.